The van der Waals surface area contributed by atoms with Gasteiger partial charge in [0.1, 0.15) is 5.60 Å². The van der Waals surface area contributed by atoms with Gasteiger partial charge in [-0.15, -0.1) is 11.3 Å². The van der Waals surface area contributed by atoms with Crippen LogP contribution in [0.25, 0.3) is 0 Å². The number of carbonyl (C=O) groups is 2. The summed E-state index contributed by atoms with van der Waals surface area (Å²) in [6.45, 7) is 7.82. The Labute approximate surface area is 162 Å². The molecule has 0 unspecified atom stereocenters. The maximum Gasteiger partial charge on any atom is 0.279 e. The first-order valence-corrected chi connectivity index (χ1v) is 9.73. The molecule has 0 fully saturated rings. The summed E-state index contributed by atoms with van der Waals surface area (Å²) in [5.41, 5.74) is 6.67. The van der Waals surface area contributed by atoms with Crippen molar-refractivity contribution in [2.45, 2.75) is 46.1 Å². The maximum atomic E-state index is 12.2. The van der Waals surface area contributed by atoms with Gasteiger partial charge in [0.2, 0.25) is 0 Å². The topological polar surface area (TPSA) is 76.7 Å². The summed E-state index contributed by atoms with van der Waals surface area (Å²) in [6.07, 6.45) is 1.67. The lowest BCUT2D eigenvalue weighted by atomic mass is 10.0. The highest BCUT2D eigenvalue weighted by atomic mass is 32.1. The number of hydrazine groups is 1. The Morgan fingerprint density at radius 2 is 2.07 bits per heavy atom. The molecule has 7 heteroatoms. The summed E-state index contributed by atoms with van der Waals surface area (Å²) >= 11 is 1.43. The van der Waals surface area contributed by atoms with E-state index in [1.807, 2.05) is 45.9 Å². The monoisotopic (exact) mass is 388 g/mol. The molecule has 0 atom stereocenters. The number of nitrogens with one attached hydrogen (secondary N) is 2. The number of amides is 2. The van der Waals surface area contributed by atoms with Gasteiger partial charge in [-0.3, -0.25) is 20.4 Å². The molecule has 6 nitrogen and oxygen atoms in total. The number of benzene rings is 1. The molecule has 2 heterocycles. The number of hydrogen-bond acceptors (Lipinski definition) is 5. The number of rotatable bonds is 5. The molecular weight excluding hydrogens is 364 g/mol. The van der Waals surface area contributed by atoms with Crippen molar-refractivity contribution >= 4 is 23.2 Å². The van der Waals surface area contributed by atoms with Crippen molar-refractivity contribution in [2.24, 2.45) is 0 Å². The third-order valence-corrected chi connectivity index (χ3v) is 5.67. The van der Waals surface area contributed by atoms with Gasteiger partial charge in [-0.2, -0.15) is 0 Å². The molecule has 3 rings (SSSR count). The molecule has 1 aromatic carbocycles. The van der Waals surface area contributed by atoms with Crippen LogP contribution in [-0.2, 0) is 17.6 Å². The summed E-state index contributed by atoms with van der Waals surface area (Å²) in [5.74, 6) is 0.436. The van der Waals surface area contributed by atoms with Crippen LogP contribution in [0, 0.1) is 6.92 Å². The van der Waals surface area contributed by atoms with Gasteiger partial charge < -0.3 is 9.47 Å². The first-order chi connectivity index (χ1) is 12.8. The molecule has 0 aliphatic carbocycles. The quantitative estimate of drug-likeness (QED) is 0.772. The molecular formula is C20H24N2O4S. The van der Waals surface area contributed by atoms with Gasteiger partial charge in [-0.05, 0) is 44.9 Å². The molecule has 2 N–H and O–H groups in total. The number of para-hydroxylation sites is 1. The first-order valence-electron chi connectivity index (χ1n) is 8.91. The Hall–Kier alpha value is -2.54. The number of aryl methyl sites for hydroxylation is 2. The minimum absolute atomic E-state index is 0.218. The predicted octanol–water partition coefficient (Wildman–Crippen LogP) is 3.17. The van der Waals surface area contributed by atoms with Gasteiger partial charge in [0.15, 0.2) is 18.1 Å². The van der Waals surface area contributed by atoms with E-state index < -0.39 is 5.91 Å². The second-order valence-corrected chi connectivity index (χ2v) is 8.28. The number of fused-ring (bicyclic) bond motifs is 1. The van der Waals surface area contributed by atoms with E-state index >= 15 is 0 Å². The van der Waals surface area contributed by atoms with Crippen LogP contribution in [0.2, 0.25) is 0 Å². The van der Waals surface area contributed by atoms with Crippen LogP contribution in [0.1, 0.15) is 46.4 Å². The van der Waals surface area contributed by atoms with Gasteiger partial charge in [0, 0.05) is 16.9 Å². The number of carbonyl (C=O) groups excluding carboxylic acids is 2. The summed E-state index contributed by atoms with van der Waals surface area (Å²) in [4.78, 5) is 25.9. The summed E-state index contributed by atoms with van der Waals surface area (Å²) in [6, 6.07) is 7.47. The molecule has 2 aromatic rings. The van der Waals surface area contributed by atoms with E-state index in [0.717, 1.165) is 28.8 Å². The maximum absolute atomic E-state index is 12.2. The Morgan fingerprint density at radius 3 is 2.78 bits per heavy atom. The summed E-state index contributed by atoms with van der Waals surface area (Å²) in [7, 11) is 0. The molecule has 0 radical (unpaired) electrons. The second kappa shape index (κ2) is 7.60. The molecule has 2 amide bonds. The van der Waals surface area contributed by atoms with Gasteiger partial charge in [0.25, 0.3) is 11.8 Å². The number of thiophene rings is 1. The third-order valence-electron chi connectivity index (χ3n) is 4.29. The molecule has 0 bridgehead atoms. The first kappa shape index (κ1) is 19.2. The Kier molecular flexibility index (Phi) is 5.41. The van der Waals surface area contributed by atoms with Crippen molar-refractivity contribution in [1.29, 1.82) is 0 Å². The molecule has 27 heavy (non-hydrogen) atoms. The van der Waals surface area contributed by atoms with Crippen LogP contribution in [-0.4, -0.2) is 24.0 Å². The summed E-state index contributed by atoms with van der Waals surface area (Å²) < 4.78 is 11.5. The van der Waals surface area contributed by atoms with Crippen LogP contribution >= 0.6 is 11.3 Å². The SMILES string of the molecule is CCc1sc(C(=O)NNC(=O)COc2cccc3c2OC(C)(C)C3)cc1C. The average Bonchev–Trinajstić information content (AvgIpc) is 3.15. The standard InChI is InChI=1S/C20H24N2O4S/c1-5-15-12(2)9-16(27-15)19(24)22-21-17(23)11-25-14-8-6-7-13-10-20(3,4)26-18(13)14/h6-9H,5,10-11H2,1-4H3,(H,21,23)(H,22,24). The zero-order chi connectivity index (χ0) is 19.6. The average molecular weight is 388 g/mol. The number of hydrogen-bond donors (Lipinski definition) is 2. The van der Waals surface area contributed by atoms with Crippen LogP contribution < -0.4 is 20.3 Å². The molecule has 144 valence electrons. The second-order valence-electron chi connectivity index (χ2n) is 7.14. The lowest BCUT2D eigenvalue weighted by Gasteiger charge is -2.18. The zero-order valence-electron chi connectivity index (χ0n) is 16.0. The van der Waals surface area contributed by atoms with E-state index in [4.69, 9.17) is 9.47 Å². The van der Waals surface area contributed by atoms with Gasteiger partial charge in [-0.25, -0.2) is 0 Å². The zero-order valence-corrected chi connectivity index (χ0v) is 16.8. The number of ether oxygens (including phenoxy) is 2. The van der Waals surface area contributed by atoms with E-state index in [0.29, 0.717) is 16.4 Å². The third kappa shape index (κ3) is 4.42. The fourth-order valence-corrected chi connectivity index (χ4v) is 4.06. The molecule has 0 spiro atoms. The van der Waals surface area contributed by atoms with Crippen LogP contribution in [0.15, 0.2) is 24.3 Å². The fraction of sp³-hybridized carbons (Fsp3) is 0.400. The van der Waals surface area contributed by atoms with Crippen molar-refractivity contribution < 1.29 is 19.1 Å². The minimum Gasteiger partial charge on any atom is -0.483 e. The molecule has 1 aromatic heterocycles. The van der Waals surface area contributed by atoms with Crippen LogP contribution in [0.3, 0.4) is 0 Å². The Bertz CT molecular complexity index is 873. The van der Waals surface area contributed by atoms with Gasteiger partial charge in [0.05, 0.1) is 4.88 Å². The molecule has 0 saturated heterocycles. The lowest BCUT2D eigenvalue weighted by molar-refractivity contribution is -0.123. The largest absolute Gasteiger partial charge is 0.483 e. The Balaban J connectivity index is 1.52. The predicted molar refractivity (Wildman–Crippen MR) is 104 cm³/mol. The van der Waals surface area contributed by atoms with Crippen molar-refractivity contribution in [3.05, 3.63) is 45.1 Å². The summed E-state index contributed by atoms with van der Waals surface area (Å²) in [5, 5.41) is 0. The smallest absolute Gasteiger partial charge is 0.279 e. The normalized spacial score (nSPS) is 14.2. The van der Waals surface area contributed by atoms with Crippen LogP contribution in [0.5, 0.6) is 11.5 Å². The van der Waals surface area contributed by atoms with Crippen molar-refractivity contribution in [2.75, 3.05) is 6.61 Å². The van der Waals surface area contributed by atoms with E-state index in [2.05, 4.69) is 10.9 Å². The van der Waals surface area contributed by atoms with Crippen LogP contribution in [0.4, 0.5) is 0 Å². The van der Waals surface area contributed by atoms with E-state index in [1.54, 1.807) is 6.07 Å². The fourth-order valence-electron chi connectivity index (χ4n) is 3.05. The molecule has 1 aliphatic heterocycles. The van der Waals surface area contributed by atoms with E-state index in [9.17, 15) is 9.59 Å². The highest BCUT2D eigenvalue weighted by molar-refractivity contribution is 7.14. The molecule has 1 aliphatic rings. The van der Waals surface area contributed by atoms with Crippen molar-refractivity contribution in [3.63, 3.8) is 0 Å². The minimum atomic E-state index is -0.442. The van der Waals surface area contributed by atoms with Crippen molar-refractivity contribution in [1.82, 2.24) is 10.9 Å². The van der Waals surface area contributed by atoms with Gasteiger partial charge in [-0.1, -0.05) is 19.1 Å². The Morgan fingerprint density at radius 1 is 1.30 bits per heavy atom. The van der Waals surface area contributed by atoms with Gasteiger partial charge >= 0.3 is 0 Å². The molecule has 0 saturated carbocycles. The highest BCUT2D eigenvalue weighted by Crippen LogP contribution is 2.41. The highest BCUT2D eigenvalue weighted by Gasteiger charge is 2.32. The lowest BCUT2D eigenvalue weighted by Crippen LogP contribution is -2.43. The van der Waals surface area contributed by atoms with E-state index in [-0.39, 0.29) is 18.1 Å². The van der Waals surface area contributed by atoms with Crippen molar-refractivity contribution in [3.8, 4) is 11.5 Å². The van der Waals surface area contributed by atoms with E-state index in [1.165, 1.54) is 11.3 Å².